The molecule has 2 fully saturated rings. The van der Waals surface area contributed by atoms with Gasteiger partial charge in [-0.2, -0.15) is 4.31 Å². The Balaban J connectivity index is 1.78. The normalized spacial score (nSPS) is 22.4. The van der Waals surface area contributed by atoms with Gasteiger partial charge in [0.15, 0.2) is 0 Å². The fraction of sp³-hybridized carbons (Fsp3) is 0.440. The predicted molar refractivity (Wildman–Crippen MR) is 133 cm³/mol. The molecule has 0 saturated carbocycles. The van der Waals surface area contributed by atoms with E-state index in [0.29, 0.717) is 6.42 Å². The van der Waals surface area contributed by atoms with E-state index in [1.165, 1.54) is 21.5 Å². The van der Waals surface area contributed by atoms with Gasteiger partial charge in [0.25, 0.3) is 0 Å². The van der Waals surface area contributed by atoms with Gasteiger partial charge in [0.1, 0.15) is 12.2 Å². The molecular formula is C25H31N3O5S2. The fourth-order valence-electron chi connectivity index (χ4n) is 4.83. The Morgan fingerprint density at radius 2 is 1.71 bits per heavy atom. The van der Waals surface area contributed by atoms with Crippen LogP contribution < -0.4 is 0 Å². The zero-order valence-corrected chi connectivity index (χ0v) is 22.0. The van der Waals surface area contributed by atoms with E-state index in [1.807, 2.05) is 45.0 Å². The standard InChI is InChI=1S/C25H31N3O5S2/c1-17(2)26-16-23-27(35(32,33)22-8-6-5-7-21(22)34(4)31)14-13-24(29)28(23)20(25(26)30)15-19-11-9-18(3)10-12-19/h5-12,17,20,23H,13-16H2,1-4H3. The summed E-state index contributed by atoms with van der Waals surface area (Å²) in [5.41, 5.74) is 1.99. The van der Waals surface area contributed by atoms with Crippen molar-refractivity contribution < 1.29 is 22.2 Å². The minimum atomic E-state index is -4.09. The van der Waals surface area contributed by atoms with Crippen molar-refractivity contribution in [3.63, 3.8) is 0 Å². The molecule has 2 amide bonds. The van der Waals surface area contributed by atoms with Gasteiger partial charge in [-0.05, 0) is 38.5 Å². The molecule has 4 rings (SSSR count). The molecule has 0 spiro atoms. The Labute approximate surface area is 209 Å². The van der Waals surface area contributed by atoms with Crippen molar-refractivity contribution in [1.29, 1.82) is 0 Å². The minimum absolute atomic E-state index is 0.00436. The highest BCUT2D eigenvalue weighted by atomic mass is 32.2. The van der Waals surface area contributed by atoms with Crippen molar-refractivity contribution in [2.45, 2.75) is 61.7 Å². The van der Waals surface area contributed by atoms with Crippen molar-refractivity contribution in [3.8, 4) is 0 Å². The number of amides is 2. The van der Waals surface area contributed by atoms with Crippen molar-refractivity contribution in [1.82, 2.24) is 14.1 Å². The predicted octanol–water partition coefficient (Wildman–Crippen LogP) is 2.14. The summed E-state index contributed by atoms with van der Waals surface area (Å²) in [4.78, 5) is 30.0. The summed E-state index contributed by atoms with van der Waals surface area (Å²) in [7, 11) is -5.61. The van der Waals surface area contributed by atoms with Crippen LogP contribution in [0.1, 0.15) is 31.4 Å². The average Bonchev–Trinajstić information content (AvgIpc) is 2.81. The van der Waals surface area contributed by atoms with Gasteiger partial charge in [-0.1, -0.05) is 42.0 Å². The fourth-order valence-corrected chi connectivity index (χ4v) is 7.77. The van der Waals surface area contributed by atoms with Crippen molar-refractivity contribution >= 4 is 32.6 Å². The molecule has 2 heterocycles. The minimum Gasteiger partial charge on any atom is -0.335 e. The van der Waals surface area contributed by atoms with Crippen molar-refractivity contribution in [2.75, 3.05) is 19.3 Å². The summed E-state index contributed by atoms with van der Waals surface area (Å²) >= 11 is 0. The van der Waals surface area contributed by atoms with Gasteiger partial charge < -0.3 is 9.80 Å². The van der Waals surface area contributed by atoms with Gasteiger partial charge in [-0.25, -0.2) is 8.42 Å². The molecule has 35 heavy (non-hydrogen) atoms. The number of carbonyl (C=O) groups excluding carboxylic acids is 2. The van der Waals surface area contributed by atoms with Gasteiger partial charge in [0.2, 0.25) is 21.8 Å². The number of sulfonamides is 1. The molecule has 2 aliphatic rings. The third-order valence-corrected chi connectivity index (χ3v) is 9.73. The van der Waals surface area contributed by atoms with Crippen molar-refractivity contribution in [3.05, 3.63) is 59.7 Å². The number of benzene rings is 2. The zero-order chi connectivity index (χ0) is 25.5. The first kappa shape index (κ1) is 25.5. The van der Waals surface area contributed by atoms with Crippen LogP contribution in [0.15, 0.2) is 58.3 Å². The maximum atomic E-state index is 13.9. The van der Waals surface area contributed by atoms with Gasteiger partial charge in [0, 0.05) is 31.7 Å². The van der Waals surface area contributed by atoms with E-state index < -0.39 is 33.0 Å². The Morgan fingerprint density at radius 1 is 1.06 bits per heavy atom. The van der Waals surface area contributed by atoms with Crippen LogP contribution in [0.3, 0.4) is 0 Å². The number of nitrogens with zero attached hydrogens (tertiary/aromatic N) is 3. The Kier molecular flexibility index (Phi) is 7.17. The zero-order valence-electron chi connectivity index (χ0n) is 20.4. The first-order valence-electron chi connectivity index (χ1n) is 11.6. The Bertz CT molecular complexity index is 1260. The van der Waals surface area contributed by atoms with Crippen LogP contribution in [-0.4, -0.2) is 76.1 Å². The summed E-state index contributed by atoms with van der Waals surface area (Å²) in [6.07, 6.45) is 0.883. The van der Waals surface area contributed by atoms with Crippen LogP contribution in [0.4, 0.5) is 0 Å². The maximum absolute atomic E-state index is 13.9. The molecule has 8 nitrogen and oxygen atoms in total. The highest BCUT2D eigenvalue weighted by Gasteiger charge is 2.51. The van der Waals surface area contributed by atoms with Crippen LogP contribution in [0, 0.1) is 6.92 Å². The second-order valence-corrected chi connectivity index (χ2v) is 12.5. The van der Waals surface area contributed by atoms with E-state index >= 15 is 0 Å². The van der Waals surface area contributed by atoms with Gasteiger partial charge in [-0.15, -0.1) is 0 Å². The summed E-state index contributed by atoms with van der Waals surface area (Å²) in [6.45, 7) is 5.84. The number of aryl methyl sites for hydroxylation is 1. The van der Waals surface area contributed by atoms with Crippen LogP contribution in [-0.2, 0) is 36.8 Å². The molecule has 2 saturated heterocycles. The second-order valence-electron chi connectivity index (χ2n) is 9.34. The summed E-state index contributed by atoms with van der Waals surface area (Å²) in [5.74, 6) is -0.415. The molecule has 3 atom stereocenters. The molecular weight excluding hydrogens is 486 g/mol. The lowest BCUT2D eigenvalue weighted by Crippen LogP contribution is -2.72. The molecule has 2 aliphatic heterocycles. The van der Waals surface area contributed by atoms with E-state index in [0.717, 1.165) is 11.1 Å². The first-order chi connectivity index (χ1) is 16.5. The molecule has 0 aromatic heterocycles. The molecule has 2 aromatic rings. The van der Waals surface area contributed by atoms with Gasteiger partial charge in [-0.3, -0.25) is 13.8 Å². The molecule has 188 valence electrons. The Hall–Kier alpha value is -2.56. The highest BCUT2D eigenvalue weighted by molar-refractivity contribution is 7.90. The van der Waals surface area contributed by atoms with Crippen molar-refractivity contribution in [2.24, 2.45) is 0 Å². The molecule has 10 heteroatoms. The van der Waals surface area contributed by atoms with E-state index in [9.17, 15) is 22.2 Å². The number of fused-ring (bicyclic) bond motifs is 1. The van der Waals surface area contributed by atoms with E-state index in [4.69, 9.17) is 0 Å². The lowest BCUT2D eigenvalue weighted by atomic mass is 9.97. The quantitative estimate of drug-likeness (QED) is 0.585. The molecule has 0 N–H and O–H groups in total. The Morgan fingerprint density at radius 3 is 2.34 bits per heavy atom. The number of piperazine rings is 1. The third-order valence-electron chi connectivity index (χ3n) is 6.67. The molecule has 0 radical (unpaired) electrons. The topological polar surface area (TPSA) is 95.1 Å². The van der Waals surface area contributed by atoms with E-state index in [2.05, 4.69) is 0 Å². The van der Waals surface area contributed by atoms with E-state index in [1.54, 1.807) is 23.1 Å². The maximum Gasteiger partial charge on any atom is 0.246 e. The van der Waals surface area contributed by atoms with Crippen LogP contribution in [0.25, 0.3) is 0 Å². The second kappa shape index (κ2) is 9.83. The van der Waals surface area contributed by atoms with Crippen LogP contribution in [0.5, 0.6) is 0 Å². The number of carbonyl (C=O) groups is 2. The summed E-state index contributed by atoms with van der Waals surface area (Å²) in [5, 5.41) is 0. The average molecular weight is 518 g/mol. The largest absolute Gasteiger partial charge is 0.335 e. The van der Waals surface area contributed by atoms with Gasteiger partial charge >= 0.3 is 0 Å². The highest BCUT2D eigenvalue weighted by Crippen LogP contribution is 2.33. The SMILES string of the molecule is Cc1ccc(CC2C(=O)N(C(C)C)CC3N2C(=O)CCN3S(=O)(=O)c2ccccc2S(C)=O)cc1. The smallest absolute Gasteiger partial charge is 0.246 e. The number of hydrogen-bond donors (Lipinski definition) is 0. The van der Waals surface area contributed by atoms with Crippen LogP contribution >= 0.6 is 0 Å². The number of rotatable bonds is 6. The number of hydrogen-bond acceptors (Lipinski definition) is 5. The molecule has 0 bridgehead atoms. The van der Waals surface area contributed by atoms with Gasteiger partial charge in [0.05, 0.1) is 27.1 Å². The lowest BCUT2D eigenvalue weighted by Gasteiger charge is -2.52. The monoisotopic (exact) mass is 517 g/mol. The lowest BCUT2D eigenvalue weighted by molar-refractivity contribution is -0.166. The summed E-state index contributed by atoms with van der Waals surface area (Å²) in [6, 6.07) is 13.0. The van der Waals surface area contributed by atoms with Crippen LogP contribution in [0.2, 0.25) is 0 Å². The third kappa shape index (κ3) is 4.79. The molecule has 2 aromatic carbocycles. The van der Waals surface area contributed by atoms with E-state index in [-0.39, 0.29) is 47.2 Å². The summed E-state index contributed by atoms with van der Waals surface area (Å²) < 4.78 is 41.4. The first-order valence-corrected chi connectivity index (χ1v) is 14.6. The molecule has 3 unspecified atom stereocenters. The molecule has 0 aliphatic carbocycles.